The van der Waals surface area contributed by atoms with Crippen molar-refractivity contribution in [1.29, 1.82) is 0 Å². The molecule has 1 heterocycles. The zero-order valence-corrected chi connectivity index (χ0v) is 14.1. The maximum atomic E-state index is 12.4. The first-order chi connectivity index (χ1) is 10.5. The fourth-order valence-corrected chi connectivity index (χ4v) is 5.08. The molecular weight excluding hydrogens is 320 g/mol. The van der Waals surface area contributed by atoms with E-state index in [2.05, 4.69) is 5.10 Å². The number of hydrogen-bond donors (Lipinski definition) is 0. The first-order valence-corrected chi connectivity index (χ1v) is 9.54. The molecule has 0 aliphatic heterocycles. The lowest BCUT2D eigenvalue weighted by Gasteiger charge is -2.25. The van der Waals surface area contributed by atoms with Crippen LogP contribution < -0.4 is 0 Å². The van der Waals surface area contributed by atoms with E-state index in [0.717, 1.165) is 24.8 Å². The molecule has 1 aromatic heterocycles. The Bertz CT molecular complexity index is 765. The number of aryl methyl sites for hydroxylation is 1. The Hall–Kier alpha value is -1.33. The minimum atomic E-state index is -3.12. The average Bonchev–Trinajstić information content (AvgIpc) is 2.65. The van der Waals surface area contributed by atoms with Crippen LogP contribution in [0.25, 0.3) is 0 Å². The van der Waals surface area contributed by atoms with E-state index in [1.165, 1.54) is 0 Å². The second-order valence-corrected chi connectivity index (χ2v) is 8.50. The summed E-state index contributed by atoms with van der Waals surface area (Å²) in [5, 5.41) is 4.65. The first-order valence-electron chi connectivity index (χ1n) is 7.44. The molecule has 1 aliphatic carbocycles. The Morgan fingerprint density at radius 1 is 1.27 bits per heavy atom. The van der Waals surface area contributed by atoms with Crippen LogP contribution in [0.5, 0.6) is 0 Å². The van der Waals surface area contributed by atoms with Crippen molar-refractivity contribution in [3.63, 3.8) is 0 Å². The van der Waals surface area contributed by atoms with E-state index in [4.69, 9.17) is 11.6 Å². The van der Waals surface area contributed by atoms with Crippen molar-refractivity contribution in [2.45, 2.75) is 43.7 Å². The van der Waals surface area contributed by atoms with Crippen LogP contribution in [-0.2, 0) is 22.1 Å². The summed E-state index contributed by atoms with van der Waals surface area (Å²) in [5.74, 6) is -0.00285. The fourth-order valence-electron chi connectivity index (χ4n) is 2.66. The molecule has 0 radical (unpaired) electrons. The largest absolute Gasteiger partial charge is 0.249 e. The van der Waals surface area contributed by atoms with Crippen LogP contribution in [0.3, 0.4) is 0 Å². The Morgan fingerprint density at radius 3 is 2.55 bits per heavy atom. The van der Waals surface area contributed by atoms with Crippen LogP contribution in [0.1, 0.15) is 36.1 Å². The summed E-state index contributed by atoms with van der Waals surface area (Å²) in [7, 11) is -3.12. The zero-order chi connectivity index (χ0) is 15.7. The van der Waals surface area contributed by atoms with E-state index in [1.807, 2.05) is 37.3 Å². The molecule has 0 amide bonds. The maximum Gasteiger partial charge on any atom is 0.157 e. The van der Waals surface area contributed by atoms with E-state index in [0.29, 0.717) is 23.0 Å². The lowest BCUT2D eigenvalue weighted by Crippen LogP contribution is -2.29. The Kier molecular flexibility index (Phi) is 4.28. The number of nitrogens with zero attached hydrogens (tertiary/aromatic N) is 2. The molecule has 1 fully saturated rings. The minimum absolute atomic E-state index is 0.00285. The van der Waals surface area contributed by atoms with Gasteiger partial charge in [0.1, 0.15) is 5.15 Å². The summed E-state index contributed by atoms with van der Waals surface area (Å²) >= 11 is 6.39. The van der Waals surface area contributed by atoms with Gasteiger partial charge in [0.05, 0.1) is 23.2 Å². The number of halogens is 1. The maximum absolute atomic E-state index is 12.4. The minimum Gasteiger partial charge on any atom is -0.249 e. The molecule has 0 bridgehead atoms. The highest BCUT2D eigenvalue weighted by Crippen LogP contribution is 2.31. The van der Waals surface area contributed by atoms with Crippen molar-refractivity contribution >= 4 is 21.4 Å². The second-order valence-electron chi connectivity index (χ2n) is 5.86. The quantitative estimate of drug-likeness (QED) is 0.840. The number of sulfone groups is 1. The third-order valence-corrected chi connectivity index (χ3v) is 6.87. The molecule has 118 valence electrons. The summed E-state index contributed by atoms with van der Waals surface area (Å²) in [6.45, 7) is 2.36. The Labute approximate surface area is 136 Å². The molecule has 2 aromatic rings. The highest BCUT2D eigenvalue weighted by molar-refractivity contribution is 7.91. The standard InChI is InChI=1S/C16H19ClN2O2S/c1-12-15(11-22(20,21)14-8-5-9-14)16(17)19(18-12)10-13-6-3-2-4-7-13/h2-4,6-7,14H,5,8-11H2,1H3. The molecule has 4 nitrogen and oxygen atoms in total. The molecule has 1 aromatic carbocycles. The normalized spacial score (nSPS) is 15.7. The van der Waals surface area contributed by atoms with Crippen LogP contribution in [-0.4, -0.2) is 23.4 Å². The molecule has 22 heavy (non-hydrogen) atoms. The lowest BCUT2D eigenvalue weighted by atomic mass is 10.00. The van der Waals surface area contributed by atoms with Gasteiger partial charge in [-0.15, -0.1) is 0 Å². The zero-order valence-electron chi connectivity index (χ0n) is 12.5. The molecule has 1 aliphatic rings. The number of hydrogen-bond acceptors (Lipinski definition) is 3. The van der Waals surface area contributed by atoms with Gasteiger partial charge < -0.3 is 0 Å². The molecule has 0 spiro atoms. The molecule has 3 rings (SSSR count). The summed E-state index contributed by atoms with van der Waals surface area (Å²) in [5.41, 5.74) is 2.42. The van der Waals surface area contributed by atoms with Crippen LogP contribution in [0, 0.1) is 6.92 Å². The predicted molar refractivity (Wildman–Crippen MR) is 87.8 cm³/mol. The summed E-state index contributed by atoms with van der Waals surface area (Å²) in [6.07, 6.45) is 2.55. The topological polar surface area (TPSA) is 52.0 Å². The van der Waals surface area contributed by atoms with Gasteiger partial charge in [-0.3, -0.25) is 0 Å². The van der Waals surface area contributed by atoms with E-state index in [-0.39, 0.29) is 11.0 Å². The first kappa shape index (κ1) is 15.6. The van der Waals surface area contributed by atoms with Crippen molar-refractivity contribution in [3.8, 4) is 0 Å². The van der Waals surface area contributed by atoms with Crippen molar-refractivity contribution in [2.75, 3.05) is 0 Å². The van der Waals surface area contributed by atoms with Gasteiger partial charge in [-0.1, -0.05) is 48.4 Å². The van der Waals surface area contributed by atoms with Gasteiger partial charge in [0, 0.05) is 5.56 Å². The Morgan fingerprint density at radius 2 is 1.95 bits per heavy atom. The summed E-state index contributed by atoms with van der Waals surface area (Å²) in [4.78, 5) is 0. The van der Waals surface area contributed by atoms with Crippen LogP contribution in [0.4, 0.5) is 0 Å². The van der Waals surface area contributed by atoms with Crippen LogP contribution in [0.15, 0.2) is 30.3 Å². The van der Waals surface area contributed by atoms with Gasteiger partial charge in [-0.2, -0.15) is 5.10 Å². The third-order valence-electron chi connectivity index (χ3n) is 4.26. The molecule has 0 N–H and O–H groups in total. The molecule has 1 saturated carbocycles. The molecule has 0 unspecified atom stereocenters. The van der Waals surface area contributed by atoms with Crippen molar-refractivity contribution in [3.05, 3.63) is 52.3 Å². The van der Waals surface area contributed by atoms with Gasteiger partial charge in [-0.25, -0.2) is 13.1 Å². The van der Waals surface area contributed by atoms with E-state index in [1.54, 1.807) is 4.68 Å². The summed E-state index contributed by atoms with van der Waals surface area (Å²) in [6, 6.07) is 9.87. The second kappa shape index (κ2) is 6.05. The van der Waals surface area contributed by atoms with E-state index in [9.17, 15) is 8.42 Å². The van der Waals surface area contributed by atoms with Crippen LogP contribution >= 0.6 is 11.6 Å². The van der Waals surface area contributed by atoms with Gasteiger partial charge in [-0.05, 0) is 25.3 Å². The highest BCUT2D eigenvalue weighted by Gasteiger charge is 2.33. The Balaban J connectivity index is 1.84. The average molecular weight is 339 g/mol. The van der Waals surface area contributed by atoms with Crippen molar-refractivity contribution < 1.29 is 8.42 Å². The van der Waals surface area contributed by atoms with Gasteiger partial charge in [0.2, 0.25) is 0 Å². The third kappa shape index (κ3) is 3.06. The lowest BCUT2D eigenvalue weighted by molar-refractivity contribution is 0.476. The molecule has 6 heteroatoms. The summed E-state index contributed by atoms with van der Waals surface area (Å²) < 4.78 is 26.4. The molecular formula is C16H19ClN2O2S. The SMILES string of the molecule is Cc1nn(Cc2ccccc2)c(Cl)c1CS(=O)(=O)C1CCC1. The fraction of sp³-hybridized carbons (Fsp3) is 0.438. The highest BCUT2D eigenvalue weighted by atomic mass is 35.5. The number of rotatable bonds is 5. The molecule has 0 saturated heterocycles. The monoisotopic (exact) mass is 338 g/mol. The molecule has 0 atom stereocenters. The van der Waals surface area contributed by atoms with Crippen LogP contribution in [0.2, 0.25) is 5.15 Å². The predicted octanol–water partition coefficient (Wildman–Crippen LogP) is 3.36. The van der Waals surface area contributed by atoms with Crippen molar-refractivity contribution in [1.82, 2.24) is 9.78 Å². The smallest absolute Gasteiger partial charge is 0.157 e. The number of aromatic nitrogens is 2. The van der Waals surface area contributed by atoms with E-state index < -0.39 is 9.84 Å². The van der Waals surface area contributed by atoms with Gasteiger partial charge in [0.25, 0.3) is 0 Å². The van der Waals surface area contributed by atoms with E-state index >= 15 is 0 Å². The van der Waals surface area contributed by atoms with Crippen molar-refractivity contribution in [2.24, 2.45) is 0 Å². The van der Waals surface area contributed by atoms with Gasteiger partial charge >= 0.3 is 0 Å². The van der Waals surface area contributed by atoms with Gasteiger partial charge in [0.15, 0.2) is 9.84 Å². The number of benzene rings is 1.